The van der Waals surface area contributed by atoms with Gasteiger partial charge < -0.3 is 25.0 Å². The maximum absolute atomic E-state index is 13.2. The van der Waals surface area contributed by atoms with E-state index in [4.69, 9.17) is 4.74 Å². The molecule has 152 valence electrons. The minimum atomic E-state index is -1.11. The summed E-state index contributed by atoms with van der Waals surface area (Å²) in [4.78, 5) is 16.4. The molecule has 3 aromatic rings. The Bertz CT molecular complexity index is 1230. The van der Waals surface area contributed by atoms with E-state index in [1.165, 1.54) is 6.07 Å². The molecule has 1 aromatic heterocycles. The second kappa shape index (κ2) is 6.52. The number of hydrogen-bond acceptors (Lipinski definition) is 5. The van der Waals surface area contributed by atoms with Gasteiger partial charge in [0.05, 0.1) is 27.4 Å². The summed E-state index contributed by atoms with van der Waals surface area (Å²) in [6.07, 6.45) is 2.26. The molecule has 2 heterocycles. The molecule has 6 nitrogen and oxygen atoms in total. The molecule has 4 rings (SSSR count). The Morgan fingerprint density at radius 2 is 2.00 bits per heavy atom. The van der Waals surface area contributed by atoms with Crippen LogP contribution in [-0.2, 0) is 12.8 Å². The number of aliphatic hydroxyl groups is 1. The van der Waals surface area contributed by atoms with Crippen LogP contribution in [0.3, 0.4) is 0 Å². The van der Waals surface area contributed by atoms with Crippen molar-refractivity contribution in [2.75, 3.05) is 0 Å². The molecule has 1 unspecified atom stereocenters. The predicted molar refractivity (Wildman–Crippen MR) is 113 cm³/mol. The van der Waals surface area contributed by atoms with Crippen molar-refractivity contribution >= 4 is 21.8 Å². The molecule has 6 heteroatoms. The fraction of sp³-hybridized carbons (Fsp3) is 0.348. The molecule has 1 aliphatic heterocycles. The highest BCUT2D eigenvalue weighted by Gasteiger charge is 2.39. The van der Waals surface area contributed by atoms with E-state index < -0.39 is 11.7 Å². The molecule has 2 aromatic carbocycles. The number of aromatic amines is 1. The number of phenols is 2. The number of aromatic nitrogens is 1. The molecule has 1 aliphatic rings. The zero-order chi connectivity index (χ0) is 21.1. The normalized spacial score (nSPS) is 16.1. The minimum Gasteiger partial charge on any atom is -0.507 e. The van der Waals surface area contributed by atoms with E-state index in [1.54, 1.807) is 26.0 Å². The first-order chi connectivity index (χ1) is 13.6. The zero-order valence-corrected chi connectivity index (χ0v) is 17.0. The lowest BCUT2D eigenvalue weighted by Crippen LogP contribution is -2.39. The molecule has 4 N–H and O–H groups in total. The third kappa shape index (κ3) is 3.04. The fourth-order valence-corrected chi connectivity index (χ4v) is 3.90. The fourth-order valence-electron chi connectivity index (χ4n) is 3.90. The van der Waals surface area contributed by atoms with Crippen LogP contribution in [0, 0.1) is 0 Å². The SMILES string of the molecule is CC(C)=CCc1c2c(c(O)c3c(=O)c4cccc(O)c4[nH]c13)CC(C(C)(C)O)O2. The summed E-state index contributed by atoms with van der Waals surface area (Å²) in [5, 5.41) is 32.2. The van der Waals surface area contributed by atoms with E-state index in [1.807, 2.05) is 19.9 Å². The summed E-state index contributed by atoms with van der Waals surface area (Å²) in [5.74, 6) is 0.323. The number of hydrogen-bond donors (Lipinski definition) is 4. The van der Waals surface area contributed by atoms with E-state index in [0.717, 1.165) is 11.1 Å². The monoisotopic (exact) mass is 395 g/mol. The van der Waals surface area contributed by atoms with Gasteiger partial charge >= 0.3 is 0 Å². The van der Waals surface area contributed by atoms with Crippen molar-refractivity contribution in [2.24, 2.45) is 0 Å². The number of phenolic OH excluding ortho intramolecular Hbond substituents is 2. The molecule has 0 bridgehead atoms. The van der Waals surface area contributed by atoms with Crippen LogP contribution < -0.4 is 10.2 Å². The van der Waals surface area contributed by atoms with Gasteiger partial charge in [0, 0.05) is 17.5 Å². The maximum atomic E-state index is 13.2. The van der Waals surface area contributed by atoms with Crippen LogP contribution in [0.1, 0.15) is 38.8 Å². The number of aromatic hydroxyl groups is 2. The number of para-hydroxylation sites is 1. The van der Waals surface area contributed by atoms with Crippen LogP contribution in [0.2, 0.25) is 0 Å². The molecule has 0 saturated carbocycles. The first kappa shape index (κ1) is 19.3. The molecule has 0 fully saturated rings. The zero-order valence-electron chi connectivity index (χ0n) is 17.0. The Hall–Kier alpha value is -2.99. The van der Waals surface area contributed by atoms with E-state index in [9.17, 15) is 20.1 Å². The number of pyridine rings is 1. The van der Waals surface area contributed by atoms with E-state index >= 15 is 0 Å². The van der Waals surface area contributed by atoms with Gasteiger partial charge in [-0.1, -0.05) is 17.7 Å². The van der Waals surface area contributed by atoms with Crippen LogP contribution in [0.25, 0.3) is 21.8 Å². The predicted octanol–water partition coefficient (Wildman–Crippen LogP) is 3.68. The van der Waals surface area contributed by atoms with Crippen LogP contribution >= 0.6 is 0 Å². The third-order valence-corrected chi connectivity index (χ3v) is 5.54. The Morgan fingerprint density at radius 1 is 1.28 bits per heavy atom. The quantitative estimate of drug-likeness (QED) is 0.400. The van der Waals surface area contributed by atoms with Gasteiger partial charge in [0.15, 0.2) is 0 Å². The number of ether oxygens (including phenoxy) is 1. The molecule has 0 aliphatic carbocycles. The van der Waals surface area contributed by atoms with E-state index in [2.05, 4.69) is 4.98 Å². The van der Waals surface area contributed by atoms with Gasteiger partial charge in [-0.3, -0.25) is 4.79 Å². The van der Waals surface area contributed by atoms with Gasteiger partial charge in [-0.25, -0.2) is 0 Å². The van der Waals surface area contributed by atoms with Crippen molar-refractivity contribution < 1.29 is 20.1 Å². The van der Waals surface area contributed by atoms with Crippen LogP contribution in [0.4, 0.5) is 0 Å². The summed E-state index contributed by atoms with van der Waals surface area (Å²) in [5.41, 5.74) is 1.65. The average molecular weight is 395 g/mol. The number of fused-ring (bicyclic) bond motifs is 3. The summed E-state index contributed by atoms with van der Waals surface area (Å²) in [6, 6.07) is 4.72. The standard InChI is InChI=1S/C23H25NO5/c1-11(2)8-9-13-19-17(20(26)12-6-5-7-15(25)18(12)24-19)21(27)14-10-16(23(3,4)28)29-22(13)14/h5-8,16,25,27-28H,9-10H2,1-4H3,(H,24,26). The van der Waals surface area contributed by atoms with Crippen molar-refractivity contribution in [3.8, 4) is 17.2 Å². The Balaban J connectivity index is 2.12. The minimum absolute atomic E-state index is 0.0371. The van der Waals surface area contributed by atoms with Gasteiger partial charge in [0.2, 0.25) is 5.43 Å². The lowest BCUT2D eigenvalue weighted by molar-refractivity contribution is -0.0231. The largest absolute Gasteiger partial charge is 0.507 e. The third-order valence-electron chi connectivity index (χ3n) is 5.54. The number of H-pyrrole nitrogens is 1. The highest BCUT2D eigenvalue weighted by molar-refractivity contribution is 6.01. The van der Waals surface area contributed by atoms with Crippen molar-refractivity contribution in [1.29, 1.82) is 0 Å². The number of rotatable bonds is 3. The first-order valence-electron chi connectivity index (χ1n) is 9.66. The maximum Gasteiger partial charge on any atom is 0.201 e. The van der Waals surface area contributed by atoms with Crippen LogP contribution in [0.15, 0.2) is 34.6 Å². The lowest BCUT2D eigenvalue weighted by atomic mass is 9.93. The summed E-state index contributed by atoms with van der Waals surface area (Å²) in [6.45, 7) is 7.28. The second-order valence-electron chi connectivity index (χ2n) is 8.49. The molecular formula is C23H25NO5. The number of nitrogens with one attached hydrogen (secondary N) is 1. The molecule has 0 amide bonds. The molecule has 0 saturated heterocycles. The molecule has 0 radical (unpaired) electrons. The van der Waals surface area contributed by atoms with E-state index in [0.29, 0.717) is 40.6 Å². The van der Waals surface area contributed by atoms with Crippen molar-refractivity contribution in [3.05, 3.63) is 51.2 Å². The summed E-state index contributed by atoms with van der Waals surface area (Å²) < 4.78 is 6.08. The summed E-state index contributed by atoms with van der Waals surface area (Å²) in [7, 11) is 0. The highest BCUT2D eigenvalue weighted by atomic mass is 16.5. The van der Waals surface area contributed by atoms with Crippen molar-refractivity contribution in [3.63, 3.8) is 0 Å². The smallest absolute Gasteiger partial charge is 0.201 e. The topological polar surface area (TPSA) is 103 Å². The number of allylic oxidation sites excluding steroid dienone is 2. The number of benzene rings is 2. The molecule has 29 heavy (non-hydrogen) atoms. The van der Waals surface area contributed by atoms with Crippen LogP contribution in [-0.4, -0.2) is 32.0 Å². The highest BCUT2D eigenvalue weighted by Crippen LogP contribution is 2.46. The van der Waals surface area contributed by atoms with Gasteiger partial charge in [0.25, 0.3) is 0 Å². The molecular weight excluding hydrogens is 370 g/mol. The van der Waals surface area contributed by atoms with Gasteiger partial charge in [-0.05, 0) is 46.2 Å². The second-order valence-corrected chi connectivity index (χ2v) is 8.49. The van der Waals surface area contributed by atoms with Crippen molar-refractivity contribution in [1.82, 2.24) is 4.98 Å². The van der Waals surface area contributed by atoms with Gasteiger partial charge in [0.1, 0.15) is 23.4 Å². The Morgan fingerprint density at radius 3 is 2.66 bits per heavy atom. The molecule has 0 spiro atoms. The Kier molecular flexibility index (Phi) is 4.35. The average Bonchev–Trinajstić information content (AvgIpc) is 3.08. The Labute approximate surface area is 168 Å². The van der Waals surface area contributed by atoms with Gasteiger partial charge in [-0.15, -0.1) is 0 Å². The van der Waals surface area contributed by atoms with E-state index in [-0.39, 0.29) is 22.3 Å². The molecule has 1 atom stereocenters. The van der Waals surface area contributed by atoms with Crippen LogP contribution in [0.5, 0.6) is 17.2 Å². The van der Waals surface area contributed by atoms with Gasteiger partial charge in [-0.2, -0.15) is 0 Å². The first-order valence-corrected chi connectivity index (χ1v) is 9.66. The summed E-state index contributed by atoms with van der Waals surface area (Å²) >= 11 is 0. The lowest BCUT2D eigenvalue weighted by Gasteiger charge is -2.25. The van der Waals surface area contributed by atoms with Crippen molar-refractivity contribution in [2.45, 2.75) is 52.2 Å².